The van der Waals surface area contributed by atoms with Crippen molar-refractivity contribution in [3.63, 3.8) is 0 Å². The van der Waals surface area contributed by atoms with Crippen LogP contribution >= 0.6 is 0 Å². The molecular formula is C35H36F2N8O6S. The largest absolute Gasteiger partial charge is 0.466 e. The minimum absolute atomic E-state index is 0.0228. The van der Waals surface area contributed by atoms with E-state index in [4.69, 9.17) is 14.2 Å². The molecule has 1 saturated heterocycles. The van der Waals surface area contributed by atoms with Crippen molar-refractivity contribution in [1.82, 2.24) is 29.3 Å². The van der Waals surface area contributed by atoms with Crippen molar-refractivity contribution >= 4 is 32.8 Å². The molecule has 2 aromatic carbocycles. The Morgan fingerprint density at radius 2 is 1.79 bits per heavy atom. The topological polar surface area (TPSA) is 166 Å². The first-order chi connectivity index (χ1) is 24.7. The number of hydrogen-bond donors (Lipinski definition) is 1. The average Bonchev–Trinajstić information content (AvgIpc) is 3.71. The van der Waals surface area contributed by atoms with Gasteiger partial charge in [-0.2, -0.15) is 23.6 Å². The number of alkyl carbamates (subject to hydrolysis) is 1. The number of amides is 1. The number of rotatable bonds is 9. The number of piperidine rings is 1. The summed E-state index contributed by atoms with van der Waals surface area (Å²) < 4.78 is 75.4. The molecule has 1 amide bonds. The van der Waals surface area contributed by atoms with Crippen molar-refractivity contribution in [3.8, 4) is 34.1 Å². The van der Waals surface area contributed by atoms with Crippen LogP contribution in [0.5, 0.6) is 5.75 Å². The SMILES string of the molecule is COCOc1c(C#N)cccc1-c1cn(S(=O)(=O)c2cnn(C)n2)c2ncc(-c3cc(F)cc(F)c3)c(N3CCC(NC(=O)OC(C)(C)C)CC3)c12. The lowest BCUT2D eigenvalue weighted by atomic mass is 9.95. The molecule has 1 aliphatic heterocycles. The van der Waals surface area contributed by atoms with Crippen molar-refractivity contribution in [2.45, 2.75) is 50.3 Å². The smallest absolute Gasteiger partial charge is 0.407 e. The number of pyridine rings is 1. The number of aromatic nitrogens is 5. The lowest BCUT2D eigenvalue weighted by Gasteiger charge is -2.36. The number of para-hydroxylation sites is 1. The molecule has 0 atom stereocenters. The third kappa shape index (κ3) is 7.25. The van der Waals surface area contributed by atoms with E-state index in [1.54, 1.807) is 39.0 Å². The number of fused-ring (bicyclic) bond motifs is 1. The maximum atomic E-state index is 14.8. The van der Waals surface area contributed by atoms with Crippen LogP contribution in [0.4, 0.5) is 19.3 Å². The van der Waals surface area contributed by atoms with Gasteiger partial charge in [0.15, 0.2) is 12.4 Å². The van der Waals surface area contributed by atoms with Crippen LogP contribution in [0.15, 0.2) is 60.0 Å². The van der Waals surface area contributed by atoms with E-state index >= 15 is 0 Å². The molecule has 0 bridgehead atoms. The molecule has 52 heavy (non-hydrogen) atoms. The molecule has 17 heteroatoms. The number of carbonyl (C=O) groups excluding carboxylic acids is 1. The Kier molecular flexibility index (Phi) is 9.88. The average molecular weight is 735 g/mol. The van der Waals surface area contributed by atoms with E-state index in [1.165, 1.54) is 38.7 Å². The Hall–Kier alpha value is -5.60. The standard InChI is InChI=1S/C35H36F2N8O6S/c1-35(2,3)51-34(46)41-25-9-11-44(12-10-25)31-27(22-13-23(36)15-24(37)14-22)17-39-33-30(31)28(19-45(33)52(47,48)29-18-40-43(4)42-29)26-8-6-7-21(16-38)32(26)50-20-49-5/h6-8,13-15,17-19,25H,9-12,20H2,1-5H3,(H,41,46). The summed E-state index contributed by atoms with van der Waals surface area (Å²) in [7, 11) is -1.53. The summed E-state index contributed by atoms with van der Waals surface area (Å²) in [6, 6.07) is 9.79. The van der Waals surface area contributed by atoms with Crippen molar-refractivity contribution < 1.29 is 36.2 Å². The van der Waals surface area contributed by atoms with Crippen LogP contribution in [0.25, 0.3) is 33.3 Å². The van der Waals surface area contributed by atoms with Gasteiger partial charge in [0.25, 0.3) is 10.0 Å². The van der Waals surface area contributed by atoms with E-state index in [9.17, 15) is 27.3 Å². The number of hydrogen-bond acceptors (Lipinski definition) is 11. The van der Waals surface area contributed by atoms with E-state index in [0.29, 0.717) is 53.7 Å². The van der Waals surface area contributed by atoms with Gasteiger partial charge in [-0.15, -0.1) is 5.10 Å². The molecule has 1 aliphatic rings. The van der Waals surface area contributed by atoms with Crippen molar-refractivity contribution in [2.24, 2.45) is 7.05 Å². The number of aryl methyl sites for hydroxylation is 1. The molecule has 5 aromatic rings. The zero-order chi connectivity index (χ0) is 37.4. The highest BCUT2D eigenvalue weighted by Crippen LogP contribution is 2.46. The molecule has 4 heterocycles. The van der Waals surface area contributed by atoms with E-state index in [1.807, 2.05) is 4.90 Å². The summed E-state index contributed by atoms with van der Waals surface area (Å²) >= 11 is 0. The second kappa shape index (κ2) is 14.2. The fraction of sp³-hybridized carbons (Fsp3) is 0.343. The number of nitrogens with zero attached hydrogens (tertiary/aromatic N) is 7. The normalized spacial score (nSPS) is 14.0. The maximum absolute atomic E-state index is 14.8. The monoisotopic (exact) mass is 734 g/mol. The molecule has 6 rings (SSSR count). The van der Waals surface area contributed by atoms with Crippen LogP contribution in [0, 0.1) is 23.0 Å². The van der Waals surface area contributed by atoms with Crippen molar-refractivity contribution in [3.05, 3.63) is 72.2 Å². The number of carbonyl (C=O) groups is 1. The first-order valence-electron chi connectivity index (χ1n) is 16.2. The van der Waals surface area contributed by atoms with Gasteiger partial charge in [-0.05, 0) is 57.4 Å². The number of nitrogens with one attached hydrogen (secondary N) is 1. The fourth-order valence-corrected chi connectivity index (χ4v) is 7.38. The first kappa shape index (κ1) is 36.2. The molecule has 272 valence electrons. The number of anilines is 1. The van der Waals surface area contributed by atoms with Crippen molar-refractivity contribution in [1.29, 1.82) is 5.26 Å². The van der Waals surface area contributed by atoms with Crippen LogP contribution < -0.4 is 15.0 Å². The Balaban J connectivity index is 1.61. The van der Waals surface area contributed by atoms with E-state index in [2.05, 4.69) is 26.6 Å². The van der Waals surface area contributed by atoms with Crippen LogP contribution in [-0.4, -0.2) is 77.1 Å². The zero-order valence-corrected chi connectivity index (χ0v) is 29.9. The highest BCUT2D eigenvalue weighted by molar-refractivity contribution is 7.90. The Bertz CT molecular complexity index is 2280. The van der Waals surface area contributed by atoms with Crippen LogP contribution in [-0.2, 0) is 26.5 Å². The fourth-order valence-electron chi connectivity index (χ4n) is 6.16. The minimum Gasteiger partial charge on any atom is -0.466 e. The second-order valence-electron chi connectivity index (χ2n) is 13.1. The zero-order valence-electron chi connectivity index (χ0n) is 29.1. The number of ether oxygens (including phenoxy) is 3. The summed E-state index contributed by atoms with van der Waals surface area (Å²) in [5.41, 5.74) is 0.969. The molecular weight excluding hydrogens is 698 g/mol. The first-order valence-corrected chi connectivity index (χ1v) is 17.7. The number of methoxy groups -OCH3 is 1. The van der Waals surface area contributed by atoms with Gasteiger partial charge in [0, 0.05) is 68.4 Å². The van der Waals surface area contributed by atoms with E-state index < -0.39 is 33.4 Å². The molecule has 1 N–H and O–H groups in total. The third-order valence-corrected chi connectivity index (χ3v) is 9.82. The van der Waals surface area contributed by atoms with Crippen LogP contribution in [0.2, 0.25) is 0 Å². The Morgan fingerprint density at radius 1 is 1.08 bits per heavy atom. The molecule has 0 saturated carbocycles. The molecule has 0 aliphatic carbocycles. The number of benzene rings is 2. The predicted molar refractivity (Wildman–Crippen MR) is 186 cm³/mol. The minimum atomic E-state index is -4.42. The summed E-state index contributed by atoms with van der Waals surface area (Å²) in [4.78, 5) is 20.3. The van der Waals surface area contributed by atoms with E-state index in [-0.39, 0.29) is 40.4 Å². The highest BCUT2D eigenvalue weighted by Gasteiger charge is 2.33. The molecule has 1 fully saturated rings. The van der Waals surface area contributed by atoms with Gasteiger partial charge in [0.1, 0.15) is 29.1 Å². The Labute approximate surface area is 298 Å². The lowest BCUT2D eigenvalue weighted by molar-refractivity contribution is 0.0496. The number of nitriles is 1. The highest BCUT2D eigenvalue weighted by atomic mass is 32.2. The molecule has 3 aromatic heterocycles. The lowest BCUT2D eigenvalue weighted by Crippen LogP contribution is -2.46. The van der Waals surface area contributed by atoms with Crippen LogP contribution in [0.3, 0.4) is 0 Å². The van der Waals surface area contributed by atoms with Crippen LogP contribution in [0.1, 0.15) is 39.2 Å². The quantitative estimate of drug-likeness (QED) is 0.194. The van der Waals surface area contributed by atoms with Gasteiger partial charge in [-0.1, -0.05) is 12.1 Å². The van der Waals surface area contributed by atoms with Gasteiger partial charge in [-0.25, -0.2) is 22.5 Å². The summed E-state index contributed by atoms with van der Waals surface area (Å²) in [6.45, 7) is 5.78. The summed E-state index contributed by atoms with van der Waals surface area (Å²) in [5.74, 6) is -1.51. The van der Waals surface area contributed by atoms with Gasteiger partial charge in [-0.3, -0.25) is 0 Å². The summed E-state index contributed by atoms with van der Waals surface area (Å²) in [6.07, 6.45) is 4.20. The van der Waals surface area contributed by atoms with Gasteiger partial charge < -0.3 is 24.4 Å². The predicted octanol–water partition coefficient (Wildman–Crippen LogP) is 5.36. The molecule has 0 radical (unpaired) electrons. The van der Waals surface area contributed by atoms with Gasteiger partial charge in [0.2, 0.25) is 5.03 Å². The Morgan fingerprint density at radius 3 is 2.40 bits per heavy atom. The van der Waals surface area contributed by atoms with Gasteiger partial charge >= 0.3 is 6.09 Å². The number of halogens is 2. The maximum Gasteiger partial charge on any atom is 0.407 e. The molecule has 0 unspecified atom stereocenters. The van der Waals surface area contributed by atoms with Crippen molar-refractivity contribution in [2.75, 3.05) is 31.9 Å². The second-order valence-corrected chi connectivity index (χ2v) is 14.9. The molecule has 14 nitrogen and oxygen atoms in total. The van der Waals surface area contributed by atoms with E-state index in [0.717, 1.165) is 21.0 Å². The summed E-state index contributed by atoms with van der Waals surface area (Å²) in [5, 5.41) is 20.8. The van der Waals surface area contributed by atoms with Gasteiger partial charge in [0.05, 0.1) is 22.8 Å². The molecule has 0 spiro atoms. The third-order valence-electron chi connectivity index (χ3n) is 8.31.